The highest BCUT2D eigenvalue weighted by Gasteiger charge is 2.50. The Balaban J connectivity index is 2.82. The summed E-state index contributed by atoms with van der Waals surface area (Å²) in [5.41, 5.74) is -1.48. The van der Waals surface area contributed by atoms with Crippen molar-refractivity contribution in [3.63, 3.8) is 0 Å². The first-order chi connectivity index (χ1) is 8.79. The highest BCUT2D eigenvalue weighted by Crippen LogP contribution is 2.28. The Hall–Kier alpha value is -1.06. The molecular weight excluding hydrogens is 240 g/mol. The lowest BCUT2D eigenvalue weighted by Crippen LogP contribution is -2.73. The SMILES string of the molecule is CCCCCCN1C(=O)C(C)(CC)NC(=O)C1(C)C. The van der Waals surface area contributed by atoms with Gasteiger partial charge < -0.3 is 10.2 Å². The van der Waals surface area contributed by atoms with Gasteiger partial charge in [0, 0.05) is 6.54 Å². The maximum Gasteiger partial charge on any atom is 0.248 e. The zero-order valence-corrected chi connectivity index (χ0v) is 13.0. The maximum absolute atomic E-state index is 12.6. The number of hydrogen-bond donors (Lipinski definition) is 1. The highest BCUT2D eigenvalue weighted by molar-refractivity contribution is 6.01. The summed E-state index contributed by atoms with van der Waals surface area (Å²) in [6.07, 6.45) is 5.06. The molecule has 110 valence electrons. The van der Waals surface area contributed by atoms with Gasteiger partial charge in [-0.2, -0.15) is 0 Å². The molecule has 1 aliphatic heterocycles. The fourth-order valence-corrected chi connectivity index (χ4v) is 2.45. The molecule has 0 radical (unpaired) electrons. The summed E-state index contributed by atoms with van der Waals surface area (Å²) in [6, 6.07) is 0. The van der Waals surface area contributed by atoms with Crippen LogP contribution >= 0.6 is 0 Å². The number of amides is 2. The molecule has 1 fully saturated rings. The molecule has 0 bridgehead atoms. The predicted molar refractivity (Wildman–Crippen MR) is 76.8 cm³/mol. The molecule has 0 saturated carbocycles. The largest absolute Gasteiger partial charge is 0.340 e. The van der Waals surface area contributed by atoms with Gasteiger partial charge in [-0.05, 0) is 33.6 Å². The molecule has 1 atom stereocenters. The predicted octanol–water partition coefficient (Wildman–Crippen LogP) is 2.47. The Kier molecular flexibility index (Phi) is 4.99. The number of unbranched alkanes of at least 4 members (excludes halogenated alkanes) is 3. The van der Waals surface area contributed by atoms with Gasteiger partial charge in [0.15, 0.2) is 0 Å². The third kappa shape index (κ3) is 3.10. The number of piperazine rings is 1. The second kappa shape index (κ2) is 5.93. The third-order valence-corrected chi connectivity index (χ3v) is 4.28. The van der Waals surface area contributed by atoms with E-state index in [4.69, 9.17) is 0 Å². The summed E-state index contributed by atoms with van der Waals surface area (Å²) in [7, 11) is 0. The first-order valence-electron chi connectivity index (χ1n) is 7.44. The molecule has 1 unspecified atom stereocenters. The molecule has 19 heavy (non-hydrogen) atoms. The van der Waals surface area contributed by atoms with Crippen LogP contribution in [0.2, 0.25) is 0 Å². The van der Waals surface area contributed by atoms with Crippen LogP contribution in [0.15, 0.2) is 0 Å². The van der Waals surface area contributed by atoms with Gasteiger partial charge in [-0.25, -0.2) is 0 Å². The molecule has 0 aliphatic carbocycles. The molecule has 1 heterocycles. The van der Waals surface area contributed by atoms with Crippen LogP contribution in [-0.4, -0.2) is 34.3 Å². The lowest BCUT2D eigenvalue weighted by molar-refractivity contribution is -0.160. The summed E-state index contributed by atoms with van der Waals surface area (Å²) >= 11 is 0. The van der Waals surface area contributed by atoms with E-state index in [0.29, 0.717) is 13.0 Å². The molecule has 0 aromatic carbocycles. The van der Waals surface area contributed by atoms with Gasteiger partial charge in [-0.15, -0.1) is 0 Å². The van der Waals surface area contributed by atoms with E-state index in [9.17, 15) is 9.59 Å². The lowest BCUT2D eigenvalue weighted by Gasteiger charge is -2.48. The van der Waals surface area contributed by atoms with Crippen molar-refractivity contribution >= 4 is 11.8 Å². The molecule has 1 aliphatic rings. The van der Waals surface area contributed by atoms with Crippen molar-refractivity contribution in [2.45, 2.75) is 77.8 Å². The number of carbonyl (C=O) groups excluding carboxylic acids is 2. The van der Waals surface area contributed by atoms with E-state index < -0.39 is 11.1 Å². The van der Waals surface area contributed by atoms with Crippen LogP contribution in [-0.2, 0) is 9.59 Å². The minimum absolute atomic E-state index is 0.0491. The van der Waals surface area contributed by atoms with Crippen molar-refractivity contribution < 1.29 is 9.59 Å². The fraction of sp³-hybridized carbons (Fsp3) is 0.867. The highest BCUT2D eigenvalue weighted by atomic mass is 16.2. The minimum atomic E-state index is -0.739. The molecule has 2 amide bonds. The molecule has 1 rings (SSSR count). The van der Waals surface area contributed by atoms with Crippen LogP contribution in [0.4, 0.5) is 0 Å². The molecule has 0 aromatic rings. The monoisotopic (exact) mass is 268 g/mol. The van der Waals surface area contributed by atoms with Crippen LogP contribution in [0.3, 0.4) is 0 Å². The molecule has 0 spiro atoms. The molecule has 1 saturated heterocycles. The second-order valence-electron chi connectivity index (χ2n) is 6.22. The lowest BCUT2D eigenvalue weighted by atomic mass is 9.86. The van der Waals surface area contributed by atoms with Gasteiger partial charge in [-0.3, -0.25) is 9.59 Å². The van der Waals surface area contributed by atoms with E-state index in [-0.39, 0.29) is 11.8 Å². The van der Waals surface area contributed by atoms with Crippen molar-refractivity contribution in [2.24, 2.45) is 0 Å². The first-order valence-corrected chi connectivity index (χ1v) is 7.44. The standard InChI is InChI=1S/C15H28N2O2/c1-6-8-9-10-11-17-13(19)15(5,7-2)16-12(18)14(17,3)4/h6-11H2,1-5H3,(H,16,18). The normalized spacial score (nSPS) is 26.5. The van der Waals surface area contributed by atoms with E-state index in [1.54, 1.807) is 4.90 Å². The van der Waals surface area contributed by atoms with E-state index in [1.807, 2.05) is 27.7 Å². The van der Waals surface area contributed by atoms with Crippen molar-refractivity contribution in [1.82, 2.24) is 10.2 Å². The van der Waals surface area contributed by atoms with Crippen molar-refractivity contribution in [3.05, 3.63) is 0 Å². The van der Waals surface area contributed by atoms with Gasteiger partial charge >= 0.3 is 0 Å². The van der Waals surface area contributed by atoms with Crippen LogP contribution in [0.5, 0.6) is 0 Å². The topological polar surface area (TPSA) is 49.4 Å². The summed E-state index contributed by atoms with van der Waals surface area (Å²) in [5, 5.41) is 2.88. The van der Waals surface area contributed by atoms with Crippen LogP contribution in [0.25, 0.3) is 0 Å². The van der Waals surface area contributed by atoms with E-state index in [2.05, 4.69) is 12.2 Å². The molecular formula is C15H28N2O2. The summed E-state index contributed by atoms with van der Waals surface area (Å²) < 4.78 is 0. The minimum Gasteiger partial charge on any atom is -0.340 e. The molecule has 1 N–H and O–H groups in total. The number of nitrogens with one attached hydrogen (secondary N) is 1. The van der Waals surface area contributed by atoms with E-state index in [0.717, 1.165) is 12.8 Å². The Morgan fingerprint density at radius 3 is 2.21 bits per heavy atom. The van der Waals surface area contributed by atoms with Crippen LogP contribution in [0.1, 0.15) is 66.7 Å². The van der Waals surface area contributed by atoms with E-state index >= 15 is 0 Å². The Labute approximate surface area is 116 Å². The van der Waals surface area contributed by atoms with Crippen molar-refractivity contribution in [2.75, 3.05) is 6.54 Å². The van der Waals surface area contributed by atoms with Gasteiger partial charge in [-0.1, -0.05) is 33.1 Å². The van der Waals surface area contributed by atoms with Crippen LogP contribution < -0.4 is 5.32 Å². The summed E-state index contributed by atoms with van der Waals surface area (Å²) in [5.74, 6) is 0.00281. The number of carbonyl (C=O) groups is 2. The Bertz CT molecular complexity index is 352. The van der Waals surface area contributed by atoms with E-state index in [1.165, 1.54) is 12.8 Å². The quantitative estimate of drug-likeness (QED) is 0.752. The maximum atomic E-state index is 12.6. The zero-order valence-electron chi connectivity index (χ0n) is 13.0. The number of hydrogen-bond acceptors (Lipinski definition) is 2. The van der Waals surface area contributed by atoms with Gasteiger partial charge in [0.2, 0.25) is 11.8 Å². The fourth-order valence-electron chi connectivity index (χ4n) is 2.45. The Morgan fingerprint density at radius 2 is 1.68 bits per heavy atom. The number of nitrogens with zero attached hydrogens (tertiary/aromatic N) is 1. The third-order valence-electron chi connectivity index (χ3n) is 4.28. The second-order valence-corrected chi connectivity index (χ2v) is 6.22. The summed E-state index contributed by atoms with van der Waals surface area (Å²) in [6.45, 7) is 10.3. The van der Waals surface area contributed by atoms with Gasteiger partial charge in [0.25, 0.3) is 0 Å². The number of rotatable bonds is 6. The first kappa shape index (κ1) is 16.0. The summed E-state index contributed by atoms with van der Waals surface area (Å²) in [4.78, 5) is 26.6. The van der Waals surface area contributed by atoms with Crippen LogP contribution in [0, 0.1) is 0 Å². The van der Waals surface area contributed by atoms with Gasteiger partial charge in [0.05, 0.1) is 0 Å². The molecule has 4 heteroatoms. The average Bonchev–Trinajstić information content (AvgIpc) is 2.36. The van der Waals surface area contributed by atoms with Crippen molar-refractivity contribution in [1.29, 1.82) is 0 Å². The average molecular weight is 268 g/mol. The molecule has 0 aromatic heterocycles. The smallest absolute Gasteiger partial charge is 0.248 e. The zero-order chi connectivity index (χ0) is 14.7. The molecule has 4 nitrogen and oxygen atoms in total. The van der Waals surface area contributed by atoms with Crippen molar-refractivity contribution in [3.8, 4) is 0 Å². The van der Waals surface area contributed by atoms with Gasteiger partial charge in [0.1, 0.15) is 11.1 Å². The Morgan fingerprint density at radius 1 is 1.05 bits per heavy atom.